The zero-order valence-electron chi connectivity index (χ0n) is 23.5. The lowest BCUT2D eigenvalue weighted by Gasteiger charge is -2.23. The van der Waals surface area contributed by atoms with Crippen LogP contribution in [-0.4, -0.2) is 40.2 Å². The minimum absolute atomic E-state index is 0.0848. The summed E-state index contributed by atoms with van der Waals surface area (Å²) < 4.78 is 0. The number of hydrogen-bond acceptors (Lipinski definition) is 7. The van der Waals surface area contributed by atoms with Crippen LogP contribution < -0.4 is 4.90 Å². The molecule has 0 bridgehead atoms. The quantitative estimate of drug-likeness (QED) is 0.0683. The van der Waals surface area contributed by atoms with Crippen LogP contribution >= 0.6 is 0 Å². The van der Waals surface area contributed by atoms with Gasteiger partial charge < -0.3 is 15.1 Å². The topological polar surface area (TPSA) is 146 Å². The Morgan fingerprint density at radius 2 is 1.35 bits per heavy atom. The minimum atomic E-state index is -0.971. The van der Waals surface area contributed by atoms with Crippen molar-refractivity contribution in [1.29, 1.82) is 0 Å². The summed E-state index contributed by atoms with van der Waals surface area (Å²) in [5.41, 5.74) is 2.12. The van der Waals surface area contributed by atoms with E-state index in [0.717, 1.165) is 24.8 Å². The molecule has 0 amide bonds. The van der Waals surface area contributed by atoms with Crippen LogP contribution in [-0.2, 0) is 16.0 Å². The van der Waals surface area contributed by atoms with Crippen LogP contribution in [0.3, 0.4) is 0 Å². The van der Waals surface area contributed by atoms with Crippen molar-refractivity contribution in [3.63, 3.8) is 0 Å². The second-order valence-corrected chi connectivity index (χ2v) is 10.0. The third-order valence-corrected chi connectivity index (χ3v) is 6.73. The first-order valence-electron chi connectivity index (χ1n) is 14.3. The summed E-state index contributed by atoms with van der Waals surface area (Å²) in [6.45, 7) is 2.56. The molecule has 0 heterocycles. The van der Waals surface area contributed by atoms with E-state index >= 15 is 0 Å². The Kier molecular flexibility index (Phi) is 15.0. The molecule has 2 aromatic carbocycles. The first kappa shape index (κ1) is 32.4. The molecule has 10 heteroatoms. The number of hydrogen-bond donors (Lipinski definition) is 2. The predicted molar refractivity (Wildman–Crippen MR) is 156 cm³/mol. The zero-order chi connectivity index (χ0) is 29.2. The first-order chi connectivity index (χ1) is 19.3. The second kappa shape index (κ2) is 18.5. The Balaban J connectivity index is 1.92. The molecule has 0 spiro atoms. The number of nitro groups is 1. The molecule has 2 aromatic rings. The van der Waals surface area contributed by atoms with Crippen LogP contribution in [0.5, 0.6) is 0 Å². The zero-order valence-corrected chi connectivity index (χ0v) is 23.5. The summed E-state index contributed by atoms with van der Waals surface area (Å²) in [6.07, 6.45) is 12.9. The number of unbranched alkanes of at least 4 members (excludes halogenated alkanes) is 9. The Hall–Kier alpha value is -3.82. The third kappa shape index (κ3) is 12.8. The van der Waals surface area contributed by atoms with E-state index in [1.807, 2.05) is 6.07 Å². The van der Waals surface area contributed by atoms with Crippen molar-refractivity contribution in [2.75, 3.05) is 18.0 Å². The van der Waals surface area contributed by atoms with Crippen molar-refractivity contribution in [3.05, 3.63) is 58.1 Å². The average molecular weight is 555 g/mol. The van der Waals surface area contributed by atoms with Crippen LogP contribution in [0.15, 0.2) is 52.7 Å². The molecule has 0 radical (unpaired) electrons. The number of azo groups is 1. The number of aliphatic carboxylic acids is 2. The number of benzene rings is 2. The molecule has 40 heavy (non-hydrogen) atoms. The molecule has 0 fully saturated rings. The number of carboxylic acid groups (broad SMARTS) is 2. The lowest BCUT2D eigenvalue weighted by Crippen LogP contribution is -2.28. The Morgan fingerprint density at radius 1 is 0.800 bits per heavy atom. The van der Waals surface area contributed by atoms with E-state index in [4.69, 9.17) is 10.2 Å². The predicted octanol–water partition coefficient (Wildman–Crippen LogP) is 8.23. The maximum absolute atomic E-state index is 11.7. The van der Waals surface area contributed by atoms with Gasteiger partial charge in [-0.15, -0.1) is 5.11 Å². The van der Waals surface area contributed by atoms with Crippen molar-refractivity contribution >= 4 is 34.7 Å². The third-order valence-electron chi connectivity index (χ3n) is 6.73. The molecule has 0 atom stereocenters. The monoisotopic (exact) mass is 554 g/mol. The molecular formula is C30H42N4O6. The summed E-state index contributed by atoms with van der Waals surface area (Å²) in [7, 11) is 0. The first-order valence-corrected chi connectivity index (χ1v) is 14.3. The highest BCUT2D eigenvalue weighted by atomic mass is 16.6. The Morgan fingerprint density at radius 3 is 1.88 bits per heavy atom. The van der Waals surface area contributed by atoms with Crippen LogP contribution in [0, 0.1) is 10.1 Å². The number of aryl methyl sites for hydroxylation is 1. The molecule has 0 saturated heterocycles. The minimum Gasteiger partial charge on any atom is -0.481 e. The molecule has 0 saturated carbocycles. The molecular weight excluding hydrogens is 512 g/mol. The van der Waals surface area contributed by atoms with Crippen LogP contribution in [0.2, 0.25) is 0 Å². The van der Waals surface area contributed by atoms with E-state index in [-0.39, 0.29) is 37.3 Å². The fraction of sp³-hybridized carbons (Fsp3) is 0.533. The van der Waals surface area contributed by atoms with Crippen molar-refractivity contribution in [1.82, 2.24) is 0 Å². The fourth-order valence-corrected chi connectivity index (χ4v) is 4.44. The van der Waals surface area contributed by atoms with Crippen LogP contribution in [0.4, 0.5) is 22.7 Å². The van der Waals surface area contributed by atoms with Gasteiger partial charge in [0.1, 0.15) is 0 Å². The number of carboxylic acids is 2. The van der Waals surface area contributed by atoms with Gasteiger partial charge in [0.15, 0.2) is 5.69 Å². The summed E-state index contributed by atoms with van der Waals surface area (Å²) in [5.74, 6) is -1.94. The molecule has 2 rings (SSSR count). The molecule has 0 aliphatic carbocycles. The molecule has 10 nitrogen and oxygen atoms in total. The van der Waals surface area contributed by atoms with Crippen molar-refractivity contribution < 1.29 is 24.7 Å². The van der Waals surface area contributed by atoms with Crippen LogP contribution in [0.25, 0.3) is 0 Å². The molecule has 218 valence electrons. The second-order valence-electron chi connectivity index (χ2n) is 10.0. The molecule has 0 aromatic heterocycles. The van der Waals surface area contributed by atoms with Crippen molar-refractivity contribution in [3.8, 4) is 0 Å². The number of rotatable bonds is 21. The number of carbonyl (C=O) groups is 2. The van der Waals surface area contributed by atoms with Gasteiger partial charge in [0.2, 0.25) is 0 Å². The van der Waals surface area contributed by atoms with Gasteiger partial charge in [-0.05, 0) is 48.7 Å². The number of nitrogens with zero attached hydrogens (tertiary/aromatic N) is 4. The van der Waals surface area contributed by atoms with Gasteiger partial charge in [-0.1, -0.05) is 70.8 Å². The van der Waals surface area contributed by atoms with E-state index in [1.54, 1.807) is 41.3 Å². The Bertz CT molecular complexity index is 1090. The van der Waals surface area contributed by atoms with Gasteiger partial charge in [0.05, 0.1) is 23.5 Å². The standard InChI is InChI=1S/C30H42N4O6/c1-2-3-4-5-6-7-8-9-10-11-12-24-13-18-27(28(23-24)34(39)40)32-31-25-14-16-26(17-15-25)33(21-19-29(35)36)22-20-30(37)38/h13-18,23H,2-12,19-22H2,1H3,(H,35,36)(H,37,38)/b32-31+. The molecule has 0 aliphatic heterocycles. The fourth-order valence-electron chi connectivity index (χ4n) is 4.44. The largest absolute Gasteiger partial charge is 0.481 e. The molecule has 0 unspecified atom stereocenters. The summed E-state index contributed by atoms with van der Waals surface area (Å²) in [4.78, 5) is 34.8. The van der Waals surface area contributed by atoms with Crippen molar-refractivity contribution in [2.24, 2.45) is 10.2 Å². The van der Waals surface area contributed by atoms with E-state index in [1.165, 1.54) is 51.4 Å². The SMILES string of the molecule is CCCCCCCCCCCCc1ccc(/N=N/c2ccc(N(CCC(=O)O)CCC(=O)O)cc2)c([N+](=O)[O-])c1. The van der Waals surface area contributed by atoms with E-state index < -0.39 is 16.9 Å². The van der Waals surface area contributed by atoms with Gasteiger partial charge in [0, 0.05) is 24.8 Å². The summed E-state index contributed by atoms with van der Waals surface area (Å²) >= 11 is 0. The smallest absolute Gasteiger partial charge is 0.305 e. The van der Waals surface area contributed by atoms with Gasteiger partial charge in [-0.3, -0.25) is 19.7 Å². The average Bonchev–Trinajstić information content (AvgIpc) is 2.93. The maximum Gasteiger partial charge on any atom is 0.305 e. The van der Waals surface area contributed by atoms with Crippen molar-refractivity contribution in [2.45, 2.75) is 90.4 Å². The number of anilines is 1. The highest BCUT2D eigenvalue weighted by molar-refractivity contribution is 5.69. The van der Waals surface area contributed by atoms with E-state index in [2.05, 4.69) is 17.2 Å². The lowest BCUT2D eigenvalue weighted by atomic mass is 10.0. The van der Waals surface area contributed by atoms with Gasteiger partial charge in [0.25, 0.3) is 5.69 Å². The maximum atomic E-state index is 11.7. The number of nitro benzene ring substituents is 1. The Labute approximate surface area is 236 Å². The molecule has 2 N–H and O–H groups in total. The van der Waals surface area contributed by atoms with Crippen LogP contribution in [0.1, 0.15) is 89.5 Å². The van der Waals surface area contributed by atoms with E-state index in [0.29, 0.717) is 11.4 Å². The highest BCUT2D eigenvalue weighted by Gasteiger charge is 2.15. The summed E-state index contributed by atoms with van der Waals surface area (Å²) in [6, 6.07) is 11.8. The van der Waals surface area contributed by atoms with Gasteiger partial charge in [-0.2, -0.15) is 5.11 Å². The highest BCUT2D eigenvalue weighted by Crippen LogP contribution is 2.31. The van der Waals surface area contributed by atoms with Gasteiger partial charge >= 0.3 is 11.9 Å². The summed E-state index contributed by atoms with van der Waals surface area (Å²) in [5, 5.41) is 37.9. The normalized spacial score (nSPS) is 11.1. The molecule has 0 aliphatic rings. The van der Waals surface area contributed by atoms with Gasteiger partial charge in [-0.25, -0.2) is 0 Å². The lowest BCUT2D eigenvalue weighted by molar-refractivity contribution is -0.384. The van der Waals surface area contributed by atoms with E-state index in [9.17, 15) is 19.7 Å².